The summed E-state index contributed by atoms with van der Waals surface area (Å²) in [6, 6.07) is 22.9. The summed E-state index contributed by atoms with van der Waals surface area (Å²) in [6.07, 6.45) is 5.27. The molecular formula is C23H18BrN4O+. The molecule has 0 radical (unpaired) electrons. The summed E-state index contributed by atoms with van der Waals surface area (Å²) in [5, 5.41) is 1.50. The average molecular weight is 446 g/mol. The highest BCUT2D eigenvalue weighted by molar-refractivity contribution is 9.10. The molecule has 0 unspecified atom stereocenters. The molecule has 4 aromatic rings. The van der Waals surface area contributed by atoms with E-state index in [1.54, 1.807) is 23.3 Å². The van der Waals surface area contributed by atoms with Crippen LogP contribution in [0.3, 0.4) is 0 Å². The van der Waals surface area contributed by atoms with Gasteiger partial charge in [-0.05, 0) is 35.0 Å². The fraction of sp³-hybridized carbons (Fsp3) is 0.0435. The van der Waals surface area contributed by atoms with Crippen LogP contribution in [0.25, 0.3) is 11.3 Å². The maximum atomic E-state index is 13.4. The van der Waals surface area contributed by atoms with E-state index in [0.29, 0.717) is 16.0 Å². The number of carbonyl (C=O) groups is 1. The predicted molar refractivity (Wildman–Crippen MR) is 115 cm³/mol. The predicted octanol–water partition coefficient (Wildman–Crippen LogP) is 4.61. The Hall–Kier alpha value is -3.38. The van der Waals surface area contributed by atoms with E-state index < -0.39 is 0 Å². The van der Waals surface area contributed by atoms with Crippen molar-refractivity contribution in [3.05, 3.63) is 107 Å². The topological polar surface area (TPSA) is 50.0 Å². The number of aryl methyl sites for hydroxylation is 1. The molecule has 4 rings (SSSR count). The van der Waals surface area contributed by atoms with Crippen LogP contribution >= 0.6 is 15.9 Å². The molecule has 6 heteroatoms. The number of amides is 1. The van der Waals surface area contributed by atoms with E-state index in [1.165, 1.54) is 5.01 Å². The third-order valence-electron chi connectivity index (χ3n) is 4.40. The Labute approximate surface area is 177 Å². The number of benzene rings is 2. The van der Waals surface area contributed by atoms with Crippen molar-refractivity contribution < 1.29 is 9.47 Å². The summed E-state index contributed by atoms with van der Waals surface area (Å²) in [4.78, 5) is 22.6. The van der Waals surface area contributed by atoms with Crippen LogP contribution in [0, 0.1) is 6.92 Å². The number of aromatic nitrogens is 3. The minimum atomic E-state index is -0.205. The first-order valence-electron chi connectivity index (χ1n) is 9.09. The Balaban J connectivity index is 1.79. The number of pyridine rings is 1. The van der Waals surface area contributed by atoms with Gasteiger partial charge in [-0.2, -0.15) is 0 Å². The van der Waals surface area contributed by atoms with E-state index in [4.69, 9.17) is 0 Å². The van der Waals surface area contributed by atoms with Crippen molar-refractivity contribution in [3.63, 3.8) is 0 Å². The Morgan fingerprint density at radius 2 is 1.59 bits per heavy atom. The minimum Gasteiger partial charge on any atom is -0.263 e. The lowest BCUT2D eigenvalue weighted by molar-refractivity contribution is -0.674. The zero-order valence-corrected chi connectivity index (χ0v) is 17.3. The van der Waals surface area contributed by atoms with Crippen molar-refractivity contribution in [2.75, 3.05) is 5.01 Å². The van der Waals surface area contributed by atoms with E-state index in [-0.39, 0.29) is 5.91 Å². The maximum Gasteiger partial charge on any atom is 0.316 e. The van der Waals surface area contributed by atoms with Crippen LogP contribution in [0.5, 0.6) is 0 Å². The Bertz CT molecular complexity index is 1130. The molecule has 2 heterocycles. The van der Waals surface area contributed by atoms with Crippen molar-refractivity contribution >= 4 is 27.7 Å². The summed E-state index contributed by atoms with van der Waals surface area (Å²) >= 11 is 3.51. The first-order chi connectivity index (χ1) is 14.1. The standard InChI is InChI=1S/C23H18BrN4O/c1-17-10-12-19(13-11-17)23(29)28(27-14-6-3-7-15-27)22-21(24)26-20(16-25-22)18-8-4-2-5-9-18/h2-16H,1H3/q+1. The summed E-state index contributed by atoms with van der Waals surface area (Å²) in [7, 11) is 0. The monoisotopic (exact) mass is 445 g/mol. The van der Waals surface area contributed by atoms with Gasteiger partial charge in [-0.15, -0.1) is 0 Å². The summed E-state index contributed by atoms with van der Waals surface area (Å²) < 4.78 is 2.18. The Morgan fingerprint density at radius 1 is 0.931 bits per heavy atom. The summed E-state index contributed by atoms with van der Waals surface area (Å²) in [5.41, 5.74) is 3.33. The third-order valence-corrected chi connectivity index (χ3v) is 4.94. The molecule has 0 atom stereocenters. The van der Waals surface area contributed by atoms with Crippen LogP contribution in [-0.2, 0) is 0 Å². The number of carbonyl (C=O) groups excluding carboxylic acids is 1. The lowest BCUT2D eigenvalue weighted by atomic mass is 10.1. The van der Waals surface area contributed by atoms with Crippen LogP contribution in [0.2, 0.25) is 0 Å². The van der Waals surface area contributed by atoms with Crippen LogP contribution < -0.4 is 9.69 Å². The van der Waals surface area contributed by atoms with E-state index in [0.717, 1.165) is 16.8 Å². The van der Waals surface area contributed by atoms with Gasteiger partial charge in [-0.1, -0.05) is 63.8 Å². The van der Waals surface area contributed by atoms with Crippen LogP contribution in [0.4, 0.5) is 5.82 Å². The second-order valence-corrected chi connectivity index (χ2v) is 7.23. The van der Waals surface area contributed by atoms with Gasteiger partial charge in [0, 0.05) is 23.3 Å². The molecule has 0 saturated carbocycles. The average Bonchev–Trinajstić information content (AvgIpc) is 2.77. The maximum absolute atomic E-state index is 13.4. The molecule has 0 aliphatic carbocycles. The molecule has 0 N–H and O–H groups in total. The highest BCUT2D eigenvalue weighted by Crippen LogP contribution is 2.26. The first kappa shape index (κ1) is 19.0. The van der Waals surface area contributed by atoms with E-state index >= 15 is 0 Å². The fourth-order valence-electron chi connectivity index (χ4n) is 2.90. The van der Waals surface area contributed by atoms with Crippen LogP contribution in [-0.4, -0.2) is 15.9 Å². The number of anilines is 1. The van der Waals surface area contributed by atoms with Gasteiger partial charge in [0.1, 0.15) is 0 Å². The second-order valence-electron chi connectivity index (χ2n) is 6.47. The van der Waals surface area contributed by atoms with Gasteiger partial charge >= 0.3 is 5.91 Å². The summed E-state index contributed by atoms with van der Waals surface area (Å²) in [5.74, 6) is 0.204. The normalized spacial score (nSPS) is 10.6. The molecule has 1 amide bonds. The van der Waals surface area contributed by atoms with Gasteiger partial charge in [-0.3, -0.25) is 4.79 Å². The van der Waals surface area contributed by atoms with Gasteiger partial charge in [0.15, 0.2) is 4.60 Å². The zero-order valence-electron chi connectivity index (χ0n) is 15.7. The molecule has 0 saturated heterocycles. The number of hydrogen-bond acceptors (Lipinski definition) is 3. The van der Waals surface area contributed by atoms with Crippen LogP contribution in [0.1, 0.15) is 15.9 Å². The highest BCUT2D eigenvalue weighted by Gasteiger charge is 2.30. The molecule has 0 aliphatic rings. The Kier molecular flexibility index (Phi) is 5.44. The lowest BCUT2D eigenvalue weighted by Crippen LogP contribution is -2.57. The molecule has 2 aromatic carbocycles. The second kappa shape index (κ2) is 8.32. The van der Waals surface area contributed by atoms with Gasteiger partial charge in [0.05, 0.1) is 11.9 Å². The molecule has 2 aromatic heterocycles. The van der Waals surface area contributed by atoms with Crippen molar-refractivity contribution in [3.8, 4) is 11.3 Å². The van der Waals surface area contributed by atoms with Crippen molar-refractivity contribution in [1.29, 1.82) is 0 Å². The first-order valence-corrected chi connectivity index (χ1v) is 9.88. The Morgan fingerprint density at radius 3 is 2.24 bits per heavy atom. The van der Waals surface area contributed by atoms with Crippen molar-refractivity contribution in [2.45, 2.75) is 6.92 Å². The zero-order chi connectivity index (χ0) is 20.2. The number of rotatable bonds is 4. The van der Waals surface area contributed by atoms with Gasteiger partial charge in [0.2, 0.25) is 18.2 Å². The SMILES string of the molecule is Cc1ccc(C(=O)N(c2ncc(-c3ccccc3)nc2Br)[n+]2ccccc2)cc1. The fourth-order valence-corrected chi connectivity index (χ4v) is 3.36. The number of nitrogens with zero attached hydrogens (tertiary/aromatic N) is 4. The number of halogens is 1. The van der Waals surface area contributed by atoms with Gasteiger partial charge in [-0.25, -0.2) is 9.97 Å². The third kappa shape index (κ3) is 4.07. The van der Waals surface area contributed by atoms with Crippen molar-refractivity contribution in [2.24, 2.45) is 0 Å². The van der Waals surface area contributed by atoms with Gasteiger partial charge in [0.25, 0.3) is 0 Å². The van der Waals surface area contributed by atoms with Crippen molar-refractivity contribution in [1.82, 2.24) is 9.97 Å². The van der Waals surface area contributed by atoms with E-state index in [2.05, 4.69) is 25.9 Å². The summed E-state index contributed by atoms with van der Waals surface area (Å²) in [6.45, 7) is 1.99. The molecule has 0 aliphatic heterocycles. The highest BCUT2D eigenvalue weighted by atomic mass is 79.9. The molecule has 5 nitrogen and oxygen atoms in total. The molecule has 29 heavy (non-hydrogen) atoms. The lowest BCUT2D eigenvalue weighted by Gasteiger charge is -2.16. The molecule has 0 bridgehead atoms. The number of hydrogen-bond donors (Lipinski definition) is 0. The molecular weight excluding hydrogens is 428 g/mol. The quantitative estimate of drug-likeness (QED) is 0.430. The van der Waals surface area contributed by atoms with Gasteiger partial charge < -0.3 is 0 Å². The smallest absolute Gasteiger partial charge is 0.263 e. The molecule has 0 spiro atoms. The van der Waals surface area contributed by atoms with E-state index in [9.17, 15) is 4.79 Å². The van der Waals surface area contributed by atoms with E-state index in [1.807, 2.05) is 79.7 Å². The molecule has 142 valence electrons. The van der Waals surface area contributed by atoms with Crippen LogP contribution in [0.15, 0.2) is 96.0 Å². The largest absolute Gasteiger partial charge is 0.316 e. The molecule has 0 fully saturated rings. The minimum absolute atomic E-state index is 0.205.